The van der Waals surface area contributed by atoms with Gasteiger partial charge in [-0.05, 0) is 48.0 Å². The predicted octanol–water partition coefficient (Wildman–Crippen LogP) is 11.0. The van der Waals surface area contributed by atoms with Crippen molar-refractivity contribution in [3.63, 3.8) is 0 Å². The molecule has 0 N–H and O–H groups in total. The molecule has 0 aliphatic carbocycles. The van der Waals surface area contributed by atoms with Gasteiger partial charge in [0.15, 0.2) is 11.2 Å². The summed E-state index contributed by atoms with van der Waals surface area (Å²) in [6.07, 6.45) is 0. The molecule has 6 aromatic carbocycles. The average Bonchev–Trinajstić information content (AvgIpc) is 3.64. The number of furan rings is 2. The van der Waals surface area contributed by atoms with Gasteiger partial charge in [-0.3, -0.25) is 0 Å². The molecule has 2 aromatic heterocycles. The second-order valence-corrected chi connectivity index (χ2v) is 9.77. The number of halogens is 3. The van der Waals surface area contributed by atoms with E-state index >= 15 is 0 Å². The van der Waals surface area contributed by atoms with Gasteiger partial charge < -0.3 is 13.7 Å². The monoisotopic (exact) mass is 560 g/mol. The van der Waals surface area contributed by atoms with Crippen LogP contribution < -0.4 is 4.90 Å². The van der Waals surface area contributed by atoms with E-state index in [1.165, 1.54) is 29.2 Å². The van der Waals surface area contributed by atoms with Crippen LogP contribution in [0.3, 0.4) is 0 Å². The van der Waals surface area contributed by atoms with Crippen LogP contribution in [0.5, 0.6) is 0 Å². The van der Waals surface area contributed by atoms with Crippen LogP contribution in [0.4, 0.5) is 30.2 Å². The Labute approximate surface area is 244 Å². The molecule has 6 heteroatoms. The lowest BCUT2D eigenvalue weighted by atomic mass is 10.0. The Hall–Kier alpha value is -5.49. The van der Waals surface area contributed by atoms with Crippen molar-refractivity contribution in [2.45, 2.75) is 0 Å². The molecule has 0 radical (unpaired) electrons. The molecule has 0 aliphatic heterocycles. The molecule has 0 aliphatic rings. The molecule has 0 spiro atoms. The molecule has 202 valence electrons. The van der Waals surface area contributed by atoms with E-state index in [1.807, 2.05) is 48.5 Å². The first kappa shape index (κ1) is 19.6. The van der Waals surface area contributed by atoms with Gasteiger partial charge in [0.05, 0.1) is 23.5 Å². The summed E-state index contributed by atoms with van der Waals surface area (Å²) in [5.41, 5.74) is 2.25. The minimum Gasteiger partial charge on any atom is -0.452 e. The van der Waals surface area contributed by atoms with E-state index in [9.17, 15) is 13.2 Å². The van der Waals surface area contributed by atoms with Crippen LogP contribution in [0.1, 0.15) is 6.85 Å². The first-order valence-corrected chi connectivity index (χ1v) is 13.0. The summed E-state index contributed by atoms with van der Waals surface area (Å²) in [5.74, 6) is -3.21. The van der Waals surface area contributed by atoms with E-state index in [2.05, 4.69) is 0 Å². The van der Waals surface area contributed by atoms with Gasteiger partial charge in [0.1, 0.15) is 28.6 Å². The molecule has 0 atom stereocenters. The zero-order valence-corrected chi connectivity index (χ0v) is 21.6. The summed E-state index contributed by atoms with van der Waals surface area (Å²) < 4.78 is 98.7. The van der Waals surface area contributed by atoms with Gasteiger partial charge in [0.25, 0.3) is 0 Å². The number of nitrogens with zero attached hydrogens (tertiary/aromatic N) is 1. The molecule has 8 rings (SSSR count). The third kappa shape index (κ3) is 3.69. The Morgan fingerprint density at radius 3 is 1.93 bits per heavy atom. The van der Waals surface area contributed by atoms with Crippen molar-refractivity contribution in [1.82, 2.24) is 0 Å². The second kappa shape index (κ2) is 9.28. The zero-order valence-electron chi connectivity index (χ0n) is 26.6. The van der Waals surface area contributed by atoms with Crippen molar-refractivity contribution in [1.29, 1.82) is 0 Å². The highest BCUT2D eigenvalue weighted by Gasteiger charge is 2.24. The number of fused-ring (bicyclic) bond motifs is 7. The Bertz CT molecular complexity index is 2530. The van der Waals surface area contributed by atoms with Crippen LogP contribution in [-0.4, -0.2) is 0 Å². The highest BCUT2D eigenvalue weighted by molar-refractivity contribution is 6.24. The molecule has 0 fully saturated rings. The Morgan fingerprint density at radius 2 is 1.21 bits per heavy atom. The summed E-state index contributed by atoms with van der Waals surface area (Å²) in [6, 6.07) is 21.0. The quantitative estimate of drug-likeness (QED) is 0.214. The normalized spacial score (nSPS) is 13.4. The predicted molar refractivity (Wildman–Crippen MR) is 161 cm³/mol. The lowest BCUT2D eigenvalue weighted by molar-refractivity contribution is 0.548. The van der Waals surface area contributed by atoms with E-state index in [1.54, 1.807) is 6.07 Å². The van der Waals surface area contributed by atoms with Gasteiger partial charge in [0, 0.05) is 39.7 Å². The van der Waals surface area contributed by atoms with Crippen molar-refractivity contribution in [3.8, 4) is 11.1 Å². The summed E-state index contributed by atoms with van der Waals surface area (Å²) in [4.78, 5) is 1.52. The van der Waals surface area contributed by atoms with Crippen LogP contribution in [-0.2, 0) is 0 Å². The van der Waals surface area contributed by atoms with Crippen LogP contribution in [0, 0.1) is 17.5 Å². The number of hydrogen-bond donors (Lipinski definition) is 0. The third-order valence-corrected chi connectivity index (χ3v) is 7.35. The fourth-order valence-electron chi connectivity index (χ4n) is 5.56. The van der Waals surface area contributed by atoms with Crippen molar-refractivity contribution in [3.05, 3.63) is 139 Å². The minimum absolute atomic E-state index is 0.111. The number of hydrogen-bond acceptors (Lipinski definition) is 3. The van der Waals surface area contributed by atoms with Crippen LogP contribution in [0.2, 0.25) is 0 Å². The largest absolute Gasteiger partial charge is 0.452 e. The molecule has 0 unspecified atom stereocenters. The fraction of sp³-hybridized carbons (Fsp3) is 0. The SMILES string of the molecule is [2H]c1c([2H])c([2H])c(N(c2ccc(-c3c(F)cc(F)cc3F)cc2)c2cc3c4ccccc4oc3c3oc4ccccc4c23)c([2H])c1[2H]. The summed E-state index contributed by atoms with van der Waals surface area (Å²) in [6.45, 7) is 0. The molecule has 2 heterocycles. The Kier molecular flexibility index (Phi) is 4.32. The molecule has 0 saturated heterocycles. The topological polar surface area (TPSA) is 29.5 Å². The first-order chi connectivity index (χ1) is 22.6. The lowest BCUT2D eigenvalue weighted by Crippen LogP contribution is -2.10. The summed E-state index contributed by atoms with van der Waals surface area (Å²) in [7, 11) is 0. The van der Waals surface area contributed by atoms with E-state index in [4.69, 9.17) is 15.7 Å². The molecule has 8 aromatic rings. The molecular weight excluding hydrogens is 535 g/mol. The van der Waals surface area contributed by atoms with Gasteiger partial charge in [-0.1, -0.05) is 66.7 Å². The second-order valence-electron chi connectivity index (χ2n) is 9.77. The highest BCUT2D eigenvalue weighted by Crippen LogP contribution is 2.48. The molecule has 0 amide bonds. The number of anilines is 3. The molecule has 0 bridgehead atoms. The highest BCUT2D eigenvalue weighted by atomic mass is 19.1. The maximum absolute atomic E-state index is 14.7. The maximum atomic E-state index is 14.7. The van der Waals surface area contributed by atoms with E-state index in [0.29, 0.717) is 62.0 Å². The van der Waals surface area contributed by atoms with Gasteiger partial charge >= 0.3 is 0 Å². The average molecular weight is 561 g/mol. The maximum Gasteiger partial charge on any atom is 0.180 e. The van der Waals surface area contributed by atoms with Crippen molar-refractivity contribution in [2.75, 3.05) is 4.90 Å². The zero-order chi connectivity index (χ0) is 32.7. The third-order valence-electron chi connectivity index (χ3n) is 7.35. The van der Waals surface area contributed by atoms with Gasteiger partial charge in [0.2, 0.25) is 0 Å². The Balaban J connectivity index is 1.49. The molecule has 3 nitrogen and oxygen atoms in total. The van der Waals surface area contributed by atoms with Gasteiger partial charge in [-0.25, -0.2) is 13.2 Å². The van der Waals surface area contributed by atoms with Crippen LogP contribution in [0.15, 0.2) is 130 Å². The van der Waals surface area contributed by atoms with E-state index < -0.39 is 53.2 Å². The molecular formula is C36H20F3NO2. The lowest BCUT2D eigenvalue weighted by Gasteiger charge is -2.26. The van der Waals surface area contributed by atoms with Gasteiger partial charge in [-0.15, -0.1) is 0 Å². The number of rotatable bonds is 4. The van der Waals surface area contributed by atoms with Crippen LogP contribution >= 0.6 is 0 Å². The Morgan fingerprint density at radius 1 is 0.595 bits per heavy atom. The van der Waals surface area contributed by atoms with E-state index in [0.717, 1.165) is 5.39 Å². The number of benzene rings is 6. The van der Waals surface area contributed by atoms with E-state index in [-0.39, 0.29) is 11.3 Å². The van der Waals surface area contributed by atoms with Crippen molar-refractivity contribution >= 4 is 60.9 Å². The minimum atomic E-state index is -1.08. The van der Waals surface area contributed by atoms with Crippen molar-refractivity contribution < 1.29 is 28.9 Å². The van der Waals surface area contributed by atoms with Crippen molar-refractivity contribution in [2.24, 2.45) is 0 Å². The standard InChI is InChI=1S/C36H20F3NO2/c37-22-18-28(38)33(29(39)19-22)21-14-16-24(17-15-21)40(23-8-2-1-3-9-23)30-20-27-25-10-4-6-12-31(25)41-35(27)36-34(30)26-11-5-7-13-32(26)42-36/h1-20H/i1D,2D,3D,8D,9D. The van der Waals surface area contributed by atoms with Gasteiger partial charge in [-0.2, -0.15) is 0 Å². The summed E-state index contributed by atoms with van der Waals surface area (Å²) >= 11 is 0. The smallest absolute Gasteiger partial charge is 0.180 e. The number of para-hydroxylation sites is 3. The molecule has 0 saturated carbocycles. The summed E-state index contributed by atoms with van der Waals surface area (Å²) in [5, 5.41) is 2.67. The first-order valence-electron chi connectivity index (χ1n) is 15.5. The fourth-order valence-corrected chi connectivity index (χ4v) is 5.56. The van der Waals surface area contributed by atoms with Crippen LogP contribution in [0.25, 0.3) is 55.0 Å². The molecule has 42 heavy (non-hydrogen) atoms.